The first-order chi connectivity index (χ1) is 11.6. The lowest BCUT2D eigenvalue weighted by atomic mass is 9.37. The van der Waals surface area contributed by atoms with Crippen molar-refractivity contribution in [3.8, 4) is 0 Å². The van der Waals surface area contributed by atoms with E-state index in [0.717, 1.165) is 25.0 Å². The molecule has 2 aromatic rings. The number of fused-ring (bicyclic) bond motifs is 1. The number of aromatic nitrogens is 2. The Hall–Kier alpha value is -1.88. The summed E-state index contributed by atoms with van der Waals surface area (Å²) in [6.45, 7) is 0.869. The Morgan fingerprint density at radius 2 is 2.00 bits per heavy atom. The predicted octanol–water partition coefficient (Wildman–Crippen LogP) is 2.85. The molecule has 5 heteroatoms. The highest BCUT2D eigenvalue weighted by molar-refractivity contribution is 5.71. The zero-order valence-corrected chi connectivity index (χ0v) is 13.7. The lowest BCUT2D eigenvalue weighted by Crippen LogP contribution is -2.62. The molecule has 3 saturated carbocycles. The van der Waals surface area contributed by atoms with Crippen LogP contribution >= 0.6 is 0 Å². The van der Waals surface area contributed by atoms with Crippen molar-refractivity contribution in [3.63, 3.8) is 0 Å². The molecule has 0 bridgehead atoms. The summed E-state index contributed by atoms with van der Waals surface area (Å²) in [4.78, 5) is 15.4. The third-order valence-electron chi connectivity index (χ3n) is 6.65. The highest BCUT2D eigenvalue weighted by Crippen LogP contribution is 2.72. The van der Waals surface area contributed by atoms with Crippen molar-refractivity contribution in [1.29, 1.82) is 0 Å². The average Bonchev–Trinajstić information content (AvgIpc) is 2.90. The number of aliphatic carboxylic acids is 1. The van der Waals surface area contributed by atoms with Crippen LogP contribution in [0.15, 0.2) is 30.7 Å². The summed E-state index contributed by atoms with van der Waals surface area (Å²) in [5, 5.41) is 12.7. The molecule has 0 amide bonds. The number of hydrogen-bond acceptors (Lipinski definition) is 3. The maximum Gasteiger partial charge on any atom is 0.306 e. The number of carbonyl (C=O) groups is 1. The van der Waals surface area contributed by atoms with Gasteiger partial charge in [0.05, 0.1) is 5.92 Å². The Morgan fingerprint density at radius 3 is 2.75 bits per heavy atom. The molecule has 24 heavy (non-hydrogen) atoms. The zero-order chi connectivity index (χ0) is 16.4. The van der Waals surface area contributed by atoms with Crippen LogP contribution in [-0.2, 0) is 11.3 Å². The van der Waals surface area contributed by atoms with Gasteiger partial charge in [-0.1, -0.05) is 6.07 Å². The molecule has 2 aromatic heterocycles. The highest BCUT2D eigenvalue weighted by atomic mass is 16.4. The SMILES string of the molecule is O=C(O)C1CC2(C1)CC1(CC(NCc3cccn4ccnc34)C1)C2. The third kappa shape index (κ3) is 2.10. The number of nitrogens with zero attached hydrogens (tertiary/aromatic N) is 2. The van der Waals surface area contributed by atoms with Gasteiger partial charge >= 0.3 is 5.97 Å². The first-order valence-electron chi connectivity index (χ1n) is 8.93. The van der Waals surface area contributed by atoms with Crippen molar-refractivity contribution in [2.24, 2.45) is 16.7 Å². The molecule has 0 aliphatic heterocycles. The predicted molar refractivity (Wildman–Crippen MR) is 89.5 cm³/mol. The molecule has 0 aromatic carbocycles. The molecule has 126 valence electrons. The number of pyridine rings is 1. The van der Waals surface area contributed by atoms with Crippen molar-refractivity contribution in [3.05, 3.63) is 36.3 Å². The second-order valence-electron chi connectivity index (χ2n) is 8.47. The maximum atomic E-state index is 11.0. The van der Waals surface area contributed by atoms with E-state index in [1.807, 2.05) is 18.6 Å². The average molecular weight is 325 g/mol. The summed E-state index contributed by atoms with van der Waals surface area (Å²) in [6, 6.07) is 4.81. The molecule has 2 heterocycles. The second kappa shape index (κ2) is 4.82. The van der Waals surface area contributed by atoms with Crippen molar-refractivity contribution in [2.75, 3.05) is 0 Å². The molecule has 0 saturated heterocycles. The number of nitrogens with one attached hydrogen (secondary N) is 1. The van der Waals surface area contributed by atoms with Crippen LogP contribution in [0.2, 0.25) is 0 Å². The normalized spacial score (nSPS) is 37.2. The van der Waals surface area contributed by atoms with Gasteiger partial charge in [0.2, 0.25) is 0 Å². The van der Waals surface area contributed by atoms with E-state index in [1.54, 1.807) is 0 Å². The first kappa shape index (κ1) is 14.5. The molecule has 0 atom stereocenters. The van der Waals surface area contributed by atoms with E-state index in [1.165, 1.54) is 31.2 Å². The fraction of sp³-hybridized carbons (Fsp3) is 0.579. The summed E-state index contributed by atoms with van der Waals surface area (Å²) in [6.07, 6.45) is 12.7. The second-order valence-corrected chi connectivity index (χ2v) is 8.47. The zero-order valence-electron chi connectivity index (χ0n) is 13.7. The minimum Gasteiger partial charge on any atom is -0.481 e. The van der Waals surface area contributed by atoms with Gasteiger partial charge in [0.15, 0.2) is 0 Å². The number of hydrogen-bond donors (Lipinski definition) is 2. The van der Waals surface area contributed by atoms with E-state index in [-0.39, 0.29) is 5.92 Å². The Bertz CT molecular complexity index is 790. The summed E-state index contributed by atoms with van der Waals surface area (Å²) < 4.78 is 2.06. The lowest BCUT2D eigenvalue weighted by molar-refractivity contribution is -0.187. The van der Waals surface area contributed by atoms with Gasteiger partial charge in [0.25, 0.3) is 0 Å². The minimum atomic E-state index is -0.595. The van der Waals surface area contributed by atoms with Gasteiger partial charge in [-0.2, -0.15) is 0 Å². The summed E-state index contributed by atoms with van der Waals surface area (Å²) in [5.74, 6) is -0.658. The van der Waals surface area contributed by atoms with E-state index in [0.29, 0.717) is 16.9 Å². The van der Waals surface area contributed by atoms with Crippen molar-refractivity contribution >= 4 is 11.6 Å². The number of carboxylic acid groups (broad SMARTS) is 1. The van der Waals surface area contributed by atoms with Crippen LogP contribution in [0.4, 0.5) is 0 Å². The van der Waals surface area contributed by atoms with Crippen LogP contribution in [0.25, 0.3) is 5.65 Å². The third-order valence-corrected chi connectivity index (χ3v) is 6.65. The minimum absolute atomic E-state index is 0.0635. The van der Waals surface area contributed by atoms with Crippen LogP contribution < -0.4 is 5.32 Å². The standard InChI is InChI=1S/C19H23N3O2/c23-17(24)14-6-18(7-14)11-19(12-18)8-15(9-19)21-10-13-2-1-4-22-5-3-20-16(13)22/h1-5,14-15,21H,6-12H2,(H,23,24). The van der Waals surface area contributed by atoms with Gasteiger partial charge in [-0.05, 0) is 55.4 Å². The van der Waals surface area contributed by atoms with Gasteiger partial charge in [0.1, 0.15) is 5.65 Å². The molecular formula is C19H23N3O2. The Morgan fingerprint density at radius 1 is 1.25 bits per heavy atom. The van der Waals surface area contributed by atoms with Crippen LogP contribution in [-0.4, -0.2) is 26.5 Å². The number of carboxylic acids is 1. The topological polar surface area (TPSA) is 66.6 Å². The molecule has 0 unspecified atom stereocenters. The first-order valence-corrected chi connectivity index (χ1v) is 8.93. The Kier molecular flexibility index (Phi) is 2.90. The Labute approximate surface area is 141 Å². The van der Waals surface area contributed by atoms with Crippen LogP contribution in [0, 0.1) is 16.7 Å². The highest BCUT2D eigenvalue weighted by Gasteiger charge is 2.64. The monoisotopic (exact) mass is 325 g/mol. The molecule has 3 fully saturated rings. The van der Waals surface area contributed by atoms with Gasteiger partial charge < -0.3 is 14.8 Å². The fourth-order valence-electron chi connectivity index (χ4n) is 5.81. The Balaban J connectivity index is 1.12. The number of imidazole rings is 1. The van der Waals surface area contributed by atoms with E-state index >= 15 is 0 Å². The maximum absolute atomic E-state index is 11.0. The summed E-state index contributed by atoms with van der Waals surface area (Å²) >= 11 is 0. The van der Waals surface area contributed by atoms with Crippen molar-refractivity contribution in [2.45, 2.75) is 51.1 Å². The van der Waals surface area contributed by atoms with Crippen LogP contribution in [0.3, 0.4) is 0 Å². The van der Waals surface area contributed by atoms with Crippen molar-refractivity contribution < 1.29 is 9.90 Å². The molecule has 0 radical (unpaired) electrons. The molecular weight excluding hydrogens is 302 g/mol. The summed E-state index contributed by atoms with van der Waals surface area (Å²) in [5.41, 5.74) is 3.21. The molecule has 5 nitrogen and oxygen atoms in total. The van der Waals surface area contributed by atoms with E-state index in [4.69, 9.17) is 5.11 Å². The lowest BCUT2D eigenvalue weighted by Gasteiger charge is -2.68. The largest absolute Gasteiger partial charge is 0.481 e. The molecule has 5 rings (SSSR count). The molecule has 3 aliphatic rings. The van der Waals surface area contributed by atoms with E-state index < -0.39 is 5.97 Å². The quantitative estimate of drug-likeness (QED) is 0.907. The fourth-order valence-corrected chi connectivity index (χ4v) is 5.81. The molecule has 2 N–H and O–H groups in total. The molecule has 3 aliphatic carbocycles. The van der Waals surface area contributed by atoms with Gasteiger partial charge in [0, 0.05) is 36.7 Å². The molecule has 2 spiro atoms. The smallest absolute Gasteiger partial charge is 0.306 e. The van der Waals surface area contributed by atoms with Gasteiger partial charge in [-0.3, -0.25) is 4.79 Å². The van der Waals surface area contributed by atoms with Crippen molar-refractivity contribution in [1.82, 2.24) is 14.7 Å². The van der Waals surface area contributed by atoms with Crippen LogP contribution in [0.1, 0.15) is 44.1 Å². The van der Waals surface area contributed by atoms with E-state index in [9.17, 15) is 4.79 Å². The van der Waals surface area contributed by atoms with Gasteiger partial charge in [-0.25, -0.2) is 4.98 Å². The summed E-state index contributed by atoms with van der Waals surface area (Å²) in [7, 11) is 0. The number of rotatable bonds is 4. The van der Waals surface area contributed by atoms with E-state index in [2.05, 4.69) is 26.8 Å². The van der Waals surface area contributed by atoms with Crippen LogP contribution in [0.5, 0.6) is 0 Å². The van der Waals surface area contributed by atoms with Gasteiger partial charge in [-0.15, -0.1) is 0 Å².